The van der Waals surface area contributed by atoms with E-state index in [9.17, 15) is 0 Å². The van der Waals surface area contributed by atoms with Crippen molar-refractivity contribution in [1.82, 2.24) is 4.98 Å². The molecule has 0 bridgehead atoms. The number of hydrogen-bond donors (Lipinski definition) is 1. The first-order valence-corrected chi connectivity index (χ1v) is 4.82. The van der Waals surface area contributed by atoms with Crippen molar-refractivity contribution in [3.05, 3.63) is 35.3 Å². The molecule has 1 heterocycles. The molecule has 1 aromatic heterocycles. The molecule has 1 aromatic carbocycles. The number of nitriles is 1. The number of phenolic OH excluding ortho intramolecular Hbond substituents is 1. The molecule has 3 nitrogen and oxygen atoms in total. The van der Waals surface area contributed by atoms with E-state index in [1.807, 2.05) is 6.07 Å². The molecule has 0 aliphatic rings. The maximum Gasteiger partial charge on any atom is 0.152 e. The summed E-state index contributed by atoms with van der Waals surface area (Å²) in [7, 11) is 0. The first-order valence-electron chi connectivity index (χ1n) is 3.94. The summed E-state index contributed by atoms with van der Waals surface area (Å²) in [5, 5.41) is 20.2. The molecule has 0 unspecified atom stereocenters. The van der Waals surface area contributed by atoms with Gasteiger partial charge in [-0.1, -0.05) is 0 Å². The van der Waals surface area contributed by atoms with Crippen LogP contribution in [0.2, 0.25) is 0 Å². The summed E-state index contributed by atoms with van der Waals surface area (Å²) in [4.78, 5) is 4.10. The van der Waals surface area contributed by atoms with Crippen molar-refractivity contribution in [2.45, 2.75) is 0 Å². The Labute approximate surface area is 84.9 Å². The Balaban J connectivity index is 2.40. The van der Waals surface area contributed by atoms with E-state index in [0.29, 0.717) is 5.69 Å². The van der Waals surface area contributed by atoms with Gasteiger partial charge < -0.3 is 5.11 Å². The maximum absolute atomic E-state index is 9.09. The SMILES string of the molecule is N#Cc1csc(-c2ccc(O)cc2)n1. The number of benzene rings is 1. The fourth-order valence-electron chi connectivity index (χ4n) is 1.06. The summed E-state index contributed by atoms with van der Waals surface area (Å²) in [5.74, 6) is 0.228. The second-order valence-electron chi connectivity index (χ2n) is 2.70. The van der Waals surface area contributed by atoms with Crippen LogP contribution in [0, 0.1) is 11.3 Å². The summed E-state index contributed by atoms with van der Waals surface area (Å²) < 4.78 is 0. The summed E-state index contributed by atoms with van der Waals surface area (Å²) in [6, 6.07) is 8.72. The lowest BCUT2D eigenvalue weighted by Gasteiger charge is -1.95. The third-order valence-corrected chi connectivity index (χ3v) is 2.62. The van der Waals surface area contributed by atoms with Crippen molar-refractivity contribution in [1.29, 1.82) is 5.26 Å². The predicted molar refractivity (Wildman–Crippen MR) is 53.9 cm³/mol. The third kappa shape index (κ3) is 1.58. The highest BCUT2D eigenvalue weighted by Crippen LogP contribution is 2.24. The predicted octanol–water partition coefficient (Wildman–Crippen LogP) is 2.39. The van der Waals surface area contributed by atoms with Crippen molar-refractivity contribution < 1.29 is 5.11 Å². The first kappa shape index (κ1) is 8.73. The highest BCUT2D eigenvalue weighted by molar-refractivity contribution is 7.13. The van der Waals surface area contributed by atoms with Gasteiger partial charge in [0.1, 0.15) is 16.8 Å². The Morgan fingerprint density at radius 3 is 2.57 bits per heavy atom. The molecule has 0 fully saturated rings. The van der Waals surface area contributed by atoms with E-state index in [1.54, 1.807) is 29.6 Å². The molecular weight excluding hydrogens is 196 g/mol. The van der Waals surface area contributed by atoms with Gasteiger partial charge in [0.2, 0.25) is 0 Å². The van der Waals surface area contributed by atoms with Crippen molar-refractivity contribution in [3.8, 4) is 22.4 Å². The van der Waals surface area contributed by atoms with E-state index in [0.717, 1.165) is 10.6 Å². The van der Waals surface area contributed by atoms with E-state index in [1.165, 1.54) is 11.3 Å². The molecule has 2 rings (SSSR count). The highest BCUT2D eigenvalue weighted by atomic mass is 32.1. The second-order valence-corrected chi connectivity index (χ2v) is 3.55. The zero-order valence-corrected chi connectivity index (χ0v) is 7.95. The van der Waals surface area contributed by atoms with E-state index in [2.05, 4.69) is 4.98 Å². The summed E-state index contributed by atoms with van der Waals surface area (Å²) in [6.07, 6.45) is 0. The minimum Gasteiger partial charge on any atom is -0.508 e. The minimum absolute atomic E-state index is 0.228. The quantitative estimate of drug-likeness (QED) is 0.772. The number of hydrogen-bond acceptors (Lipinski definition) is 4. The van der Waals surface area contributed by atoms with Crippen molar-refractivity contribution >= 4 is 11.3 Å². The Morgan fingerprint density at radius 2 is 2.00 bits per heavy atom. The van der Waals surface area contributed by atoms with Crippen LogP contribution in [-0.4, -0.2) is 10.1 Å². The fourth-order valence-corrected chi connectivity index (χ4v) is 1.81. The molecule has 0 aliphatic carbocycles. The van der Waals surface area contributed by atoms with Gasteiger partial charge in [0.15, 0.2) is 5.69 Å². The molecular formula is C10H6N2OS. The van der Waals surface area contributed by atoms with Crippen LogP contribution in [-0.2, 0) is 0 Å². The molecule has 1 N–H and O–H groups in total. The first-order chi connectivity index (χ1) is 6.79. The van der Waals surface area contributed by atoms with E-state index in [4.69, 9.17) is 10.4 Å². The molecule has 2 aromatic rings. The molecule has 0 saturated carbocycles. The molecule has 0 atom stereocenters. The van der Waals surface area contributed by atoms with Crippen molar-refractivity contribution in [3.63, 3.8) is 0 Å². The number of thiazole rings is 1. The zero-order valence-electron chi connectivity index (χ0n) is 7.14. The largest absolute Gasteiger partial charge is 0.508 e. The van der Waals surface area contributed by atoms with Crippen molar-refractivity contribution in [2.75, 3.05) is 0 Å². The van der Waals surface area contributed by atoms with Crippen LogP contribution >= 0.6 is 11.3 Å². The van der Waals surface area contributed by atoms with Crippen LogP contribution in [0.5, 0.6) is 5.75 Å². The Morgan fingerprint density at radius 1 is 1.29 bits per heavy atom. The number of aromatic nitrogens is 1. The number of aromatic hydroxyl groups is 1. The van der Waals surface area contributed by atoms with Gasteiger partial charge in [0.05, 0.1) is 0 Å². The summed E-state index contributed by atoms with van der Waals surface area (Å²) in [5.41, 5.74) is 1.34. The third-order valence-electron chi connectivity index (χ3n) is 1.73. The molecule has 0 radical (unpaired) electrons. The lowest BCUT2D eigenvalue weighted by molar-refractivity contribution is 0.475. The summed E-state index contributed by atoms with van der Waals surface area (Å²) >= 11 is 1.42. The molecule has 68 valence electrons. The molecule has 0 aliphatic heterocycles. The van der Waals surface area contributed by atoms with E-state index >= 15 is 0 Å². The topological polar surface area (TPSA) is 56.9 Å². The lowest BCUT2D eigenvalue weighted by Crippen LogP contribution is -1.76. The van der Waals surface area contributed by atoms with Crippen LogP contribution in [0.25, 0.3) is 10.6 Å². The standard InChI is InChI=1S/C10H6N2OS/c11-5-8-6-14-10(12-8)7-1-3-9(13)4-2-7/h1-4,6,13H. The van der Waals surface area contributed by atoms with E-state index < -0.39 is 0 Å². The van der Waals surface area contributed by atoms with Gasteiger partial charge >= 0.3 is 0 Å². The second kappa shape index (κ2) is 3.48. The van der Waals surface area contributed by atoms with Gasteiger partial charge in [-0.25, -0.2) is 4.98 Å². The van der Waals surface area contributed by atoms with Crippen molar-refractivity contribution in [2.24, 2.45) is 0 Å². The number of rotatable bonds is 1. The number of phenols is 1. The zero-order chi connectivity index (χ0) is 9.97. The smallest absolute Gasteiger partial charge is 0.152 e. The molecule has 0 spiro atoms. The van der Waals surface area contributed by atoms with Crippen LogP contribution < -0.4 is 0 Å². The van der Waals surface area contributed by atoms with Crippen LogP contribution in [0.3, 0.4) is 0 Å². The Bertz CT molecular complexity index is 482. The molecule has 14 heavy (non-hydrogen) atoms. The van der Waals surface area contributed by atoms with Gasteiger partial charge in [-0.05, 0) is 24.3 Å². The molecule has 4 heteroatoms. The monoisotopic (exact) mass is 202 g/mol. The average molecular weight is 202 g/mol. The van der Waals surface area contributed by atoms with E-state index in [-0.39, 0.29) is 5.75 Å². The summed E-state index contributed by atoms with van der Waals surface area (Å²) in [6.45, 7) is 0. The van der Waals surface area contributed by atoms with Crippen LogP contribution in [0.4, 0.5) is 0 Å². The minimum atomic E-state index is 0.228. The van der Waals surface area contributed by atoms with Gasteiger partial charge in [0, 0.05) is 10.9 Å². The van der Waals surface area contributed by atoms with Gasteiger partial charge in [-0.3, -0.25) is 0 Å². The van der Waals surface area contributed by atoms with Crippen LogP contribution in [0.1, 0.15) is 5.69 Å². The average Bonchev–Trinajstić information content (AvgIpc) is 2.67. The van der Waals surface area contributed by atoms with Gasteiger partial charge in [-0.15, -0.1) is 11.3 Å². The normalized spacial score (nSPS) is 9.64. The van der Waals surface area contributed by atoms with Crippen LogP contribution in [0.15, 0.2) is 29.6 Å². The van der Waals surface area contributed by atoms with Gasteiger partial charge in [0.25, 0.3) is 0 Å². The molecule has 0 amide bonds. The Kier molecular flexibility index (Phi) is 2.17. The lowest BCUT2D eigenvalue weighted by atomic mass is 10.2. The maximum atomic E-state index is 9.09. The molecule has 0 saturated heterocycles. The Hall–Kier alpha value is -1.86. The van der Waals surface area contributed by atoms with Gasteiger partial charge in [-0.2, -0.15) is 5.26 Å². The number of nitrogens with zero attached hydrogens (tertiary/aromatic N) is 2. The fraction of sp³-hybridized carbons (Fsp3) is 0. The highest BCUT2D eigenvalue weighted by Gasteiger charge is 2.03.